The molecule has 192 valence electrons. The Morgan fingerprint density at radius 1 is 0.943 bits per heavy atom. The van der Waals surface area contributed by atoms with Crippen LogP contribution in [-0.2, 0) is 14.3 Å². The molecule has 0 saturated heterocycles. The van der Waals surface area contributed by atoms with Crippen LogP contribution in [-0.4, -0.2) is 31.1 Å². The summed E-state index contributed by atoms with van der Waals surface area (Å²) < 4.78 is 19.9. The van der Waals surface area contributed by atoms with E-state index in [2.05, 4.69) is 12.2 Å². The molecule has 0 fully saturated rings. The van der Waals surface area contributed by atoms with Crippen molar-refractivity contribution in [3.05, 3.63) is 59.9 Å². The van der Waals surface area contributed by atoms with Crippen molar-refractivity contribution in [3.8, 4) is 11.1 Å². The molecule has 0 spiro atoms. The number of esters is 1. The first-order valence-electron chi connectivity index (χ1n) is 13.0. The molecule has 2 aromatic carbocycles. The Balaban J connectivity index is 1.65. The van der Waals surface area contributed by atoms with E-state index in [-0.39, 0.29) is 24.6 Å². The largest absolute Gasteiger partial charge is 0.463 e. The van der Waals surface area contributed by atoms with Gasteiger partial charge in [0.05, 0.1) is 18.5 Å². The van der Waals surface area contributed by atoms with Crippen LogP contribution >= 0.6 is 0 Å². The monoisotopic (exact) mass is 484 g/mol. The van der Waals surface area contributed by atoms with Crippen LogP contribution in [0.25, 0.3) is 11.1 Å². The number of hydrogen-bond acceptors (Lipinski definition) is 4. The third kappa shape index (κ3) is 10.2. The summed E-state index contributed by atoms with van der Waals surface area (Å²) in [6.45, 7) is 4.02. The third-order valence-corrected chi connectivity index (χ3v) is 6.28. The molecule has 0 saturated carbocycles. The molecule has 0 aliphatic carbocycles. The fourth-order valence-electron chi connectivity index (χ4n) is 4.03. The molecule has 0 heterocycles. The van der Waals surface area contributed by atoms with Gasteiger partial charge in [0.15, 0.2) is 0 Å². The fraction of sp³-hybridized carbons (Fsp3) is 0.517. The van der Waals surface area contributed by atoms with Gasteiger partial charge in [0.1, 0.15) is 12.4 Å². The van der Waals surface area contributed by atoms with Gasteiger partial charge in [0, 0.05) is 5.56 Å². The van der Waals surface area contributed by atoms with Crippen LogP contribution in [0.15, 0.2) is 48.5 Å². The lowest BCUT2D eigenvalue weighted by atomic mass is 9.97. The summed E-state index contributed by atoms with van der Waals surface area (Å²) in [5, 5.41) is 2.71. The van der Waals surface area contributed by atoms with E-state index in [0.29, 0.717) is 6.42 Å². The minimum absolute atomic E-state index is 0.0170. The summed E-state index contributed by atoms with van der Waals surface area (Å²) >= 11 is 0. The van der Waals surface area contributed by atoms with Gasteiger partial charge in [0.2, 0.25) is 5.91 Å². The summed E-state index contributed by atoms with van der Waals surface area (Å²) in [4.78, 5) is 24.5. The molecule has 2 aromatic rings. The lowest BCUT2D eigenvalue weighted by Crippen LogP contribution is -2.42. The Morgan fingerprint density at radius 3 is 2.26 bits per heavy atom. The Morgan fingerprint density at radius 2 is 1.60 bits per heavy atom. The van der Waals surface area contributed by atoms with Crippen molar-refractivity contribution in [2.24, 2.45) is 5.73 Å². The second-order valence-electron chi connectivity index (χ2n) is 9.15. The highest BCUT2D eigenvalue weighted by atomic mass is 19.1. The van der Waals surface area contributed by atoms with Crippen LogP contribution in [0.2, 0.25) is 0 Å². The lowest BCUT2D eigenvalue weighted by Gasteiger charge is -2.15. The van der Waals surface area contributed by atoms with E-state index < -0.39 is 23.7 Å². The standard InChI is InChI=1S/C29H41FN2O3/c1-3-4-5-6-7-8-9-13-16-27(31)28(33)32-19-20-35-29(34)22(2)25-18-17-24(21-26(25)30)23-14-11-10-12-15-23/h10-12,14-15,17-18,21-22,27H,3-9,13,16,19-20,31H2,1-2H3,(H,32,33). The zero-order chi connectivity index (χ0) is 25.5. The van der Waals surface area contributed by atoms with Crippen LogP contribution in [0, 0.1) is 5.82 Å². The summed E-state index contributed by atoms with van der Waals surface area (Å²) in [6.07, 6.45) is 10.2. The normalized spacial score (nSPS) is 12.7. The van der Waals surface area contributed by atoms with Gasteiger partial charge in [-0.25, -0.2) is 4.39 Å². The van der Waals surface area contributed by atoms with Crippen LogP contribution in [0.5, 0.6) is 0 Å². The number of amides is 1. The number of halogens is 1. The summed E-state index contributed by atoms with van der Waals surface area (Å²) in [7, 11) is 0. The third-order valence-electron chi connectivity index (χ3n) is 6.28. The highest BCUT2D eigenvalue weighted by Gasteiger charge is 2.21. The summed E-state index contributed by atoms with van der Waals surface area (Å²) in [5.41, 5.74) is 7.91. The van der Waals surface area contributed by atoms with Crippen molar-refractivity contribution >= 4 is 11.9 Å². The first kappa shape index (κ1) is 28.5. The number of nitrogens with two attached hydrogens (primary N) is 1. The maximum Gasteiger partial charge on any atom is 0.313 e. The van der Waals surface area contributed by atoms with Gasteiger partial charge in [-0.2, -0.15) is 0 Å². The van der Waals surface area contributed by atoms with E-state index in [1.807, 2.05) is 30.3 Å². The van der Waals surface area contributed by atoms with E-state index in [1.165, 1.54) is 44.6 Å². The van der Waals surface area contributed by atoms with Crippen molar-refractivity contribution in [1.29, 1.82) is 0 Å². The smallest absolute Gasteiger partial charge is 0.313 e. The highest BCUT2D eigenvalue weighted by molar-refractivity contribution is 5.81. The molecule has 6 heteroatoms. The zero-order valence-corrected chi connectivity index (χ0v) is 21.2. The quantitative estimate of drug-likeness (QED) is 0.222. The van der Waals surface area contributed by atoms with Crippen molar-refractivity contribution in [1.82, 2.24) is 5.32 Å². The number of hydrogen-bond donors (Lipinski definition) is 2. The van der Waals surface area contributed by atoms with E-state index in [0.717, 1.165) is 24.0 Å². The molecule has 0 aromatic heterocycles. The van der Waals surface area contributed by atoms with Crippen LogP contribution in [0.3, 0.4) is 0 Å². The van der Waals surface area contributed by atoms with Crippen LogP contribution < -0.4 is 11.1 Å². The molecule has 0 bridgehead atoms. The SMILES string of the molecule is CCCCCCCCCCC(N)C(=O)NCCOC(=O)C(C)c1ccc(-c2ccccc2)cc1F. The van der Waals surface area contributed by atoms with Gasteiger partial charge in [-0.3, -0.25) is 9.59 Å². The maximum absolute atomic E-state index is 14.7. The molecule has 3 N–H and O–H groups in total. The summed E-state index contributed by atoms with van der Waals surface area (Å²) in [6, 6.07) is 13.8. The van der Waals surface area contributed by atoms with Gasteiger partial charge in [-0.15, -0.1) is 0 Å². The molecule has 0 aliphatic rings. The number of rotatable bonds is 16. The zero-order valence-electron chi connectivity index (χ0n) is 21.2. The predicted octanol–water partition coefficient (Wildman–Crippen LogP) is 6.11. The topological polar surface area (TPSA) is 81.4 Å². The minimum atomic E-state index is -0.750. The first-order chi connectivity index (χ1) is 16.9. The molecule has 2 rings (SSSR count). The van der Waals surface area contributed by atoms with Gasteiger partial charge in [-0.05, 0) is 30.5 Å². The summed E-state index contributed by atoms with van der Waals surface area (Å²) in [5.74, 6) is -1.97. The Bertz CT molecular complexity index is 904. The van der Waals surface area contributed by atoms with Gasteiger partial charge in [0.25, 0.3) is 0 Å². The molecule has 35 heavy (non-hydrogen) atoms. The van der Waals surface area contributed by atoms with Crippen molar-refractivity contribution in [2.75, 3.05) is 13.2 Å². The van der Waals surface area contributed by atoms with E-state index >= 15 is 0 Å². The number of benzene rings is 2. The van der Waals surface area contributed by atoms with Crippen LogP contribution in [0.4, 0.5) is 4.39 Å². The van der Waals surface area contributed by atoms with Crippen molar-refractivity contribution in [2.45, 2.75) is 83.6 Å². The second-order valence-corrected chi connectivity index (χ2v) is 9.15. The van der Waals surface area contributed by atoms with Gasteiger partial charge >= 0.3 is 5.97 Å². The fourth-order valence-corrected chi connectivity index (χ4v) is 4.03. The minimum Gasteiger partial charge on any atom is -0.463 e. The molecule has 2 atom stereocenters. The lowest BCUT2D eigenvalue weighted by molar-refractivity contribution is -0.145. The molecule has 1 amide bonds. The Labute approximate surface area is 209 Å². The molecular formula is C29H41FN2O3. The number of carbonyl (C=O) groups is 2. The van der Waals surface area contributed by atoms with Crippen LogP contribution in [0.1, 0.15) is 83.1 Å². The number of nitrogens with one attached hydrogen (secondary N) is 1. The molecule has 0 aliphatic heterocycles. The molecule has 2 unspecified atom stereocenters. The average molecular weight is 485 g/mol. The number of carbonyl (C=O) groups excluding carboxylic acids is 2. The second kappa shape index (κ2) is 16.0. The van der Waals surface area contributed by atoms with E-state index in [1.54, 1.807) is 19.1 Å². The van der Waals surface area contributed by atoms with E-state index in [9.17, 15) is 14.0 Å². The van der Waals surface area contributed by atoms with Crippen molar-refractivity contribution < 1.29 is 18.7 Å². The molecule has 0 radical (unpaired) electrons. The number of ether oxygens (including phenoxy) is 1. The first-order valence-corrected chi connectivity index (χ1v) is 13.0. The molecular weight excluding hydrogens is 443 g/mol. The average Bonchev–Trinajstić information content (AvgIpc) is 2.87. The van der Waals surface area contributed by atoms with Gasteiger partial charge < -0.3 is 15.8 Å². The predicted molar refractivity (Wildman–Crippen MR) is 139 cm³/mol. The number of unbranched alkanes of at least 4 members (excludes halogenated alkanes) is 7. The van der Waals surface area contributed by atoms with Crippen molar-refractivity contribution in [3.63, 3.8) is 0 Å². The molecule has 5 nitrogen and oxygen atoms in total. The Kier molecular flexibility index (Phi) is 13.1. The highest BCUT2D eigenvalue weighted by Crippen LogP contribution is 2.26. The maximum atomic E-state index is 14.7. The van der Waals surface area contributed by atoms with E-state index in [4.69, 9.17) is 10.5 Å². The van der Waals surface area contributed by atoms with Gasteiger partial charge in [-0.1, -0.05) is 101 Å². The Hall–Kier alpha value is -2.73.